The first kappa shape index (κ1) is 16.3. The van der Waals surface area contributed by atoms with Gasteiger partial charge in [-0.3, -0.25) is 9.58 Å². The zero-order valence-electron chi connectivity index (χ0n) is 15.3. The summed E-state index contributed by atoms with van der Waals surface area (Å²) in [6, 6.07) is 21.9. The summed E-state index contributed by atoms with van der Waals surface area (Å²) in [5, 5.41) is 13.8. The molecule has 4 heteroatoms. The van der Waals surface area contributed by atoms with E-state index in [1.807, 2.05) is 24.3 Å². The number of nitrogens with zero attached hydrogens (tertiary/aromatic N) is 4. The van der Waals surface area contributed by atoms with Crippen LogP contribution >= 0.6 is 0 Å². The molecule has 1 heterocycles. The average molecular weight is 354 g/mol. The third-order valence-corrected chi connectivity index (χ3v) is 5.78. The van der Waals surface area contributed by atoms with Gasteiger partial charge in [-0.25, -0.2) is 0 Å². The number of rotatable bonds is 5. The second-order valence-electron chi connectivity index (χ2n) is 7.57. The number of aryl methyl sites for hydroxylation is 1. The summed E-state index contributed by atoms with van der Waals surface area (Å²) in [5.74, 6) is 0. The van der Waals surface area contributed by atoms with Gasteiger partial charge in [0.25, 0.3) is 0 Å². The van der Waals surface area contributed by atoms with Crippen molar-refractivity contribution < 1.29 is 0 Å². The van der Waals surface area contributed by atoms with Crippen LogP contribution in [0.1, 0.15) is 42.0 Å². The highest BCUT2D eigenvalue weighted by molar-refractivity contribution is 5.59. The van der Waals surface area contributed by atoms with Crippen LogP contribution in [-0.2, 0) is 13.1 Å². The van der Waals surface area contributed by atoms with Crippen LogP contribution in [0.5, 0.6) is 0 Å². The van der Waals surface area contributed by atoms with E-state index < -0.39 is 0 Å². The predicted octanol–water partition coefficient (Wildman–Crippen LogP) is 4.53. The van der Waals surface area contributed by atoms with Crippen molar-refractivity contribution in [3.63, 3.8) is 0 Å². The summed E-state index contributed by atoms with van der Waals surface area (Å²) < 4.78 is 2.06. The van der Waals surface area contributed by atoms with Crippen LogP contribution in [0.15, 0.2) is 60.8 Å². The lowest BCUT2D eigenvalue weighted by molar-refractivity contribution is 0.133. The lowest BCUT2D eigenvalue weighted by Crippen LogP contribution is -2.32. The van der Waals surface area contributed by atoms with Crippen molar-refractivity contribution in [3.05, 3.63) is 77.5 Å². The highest BCUT2D eigenvalue weighted by Crippen LogP contribution is 2.42. The van der Waals surface area contributed by atoms with Gasteiger partial charge in [0.1, 0.15) is 0 Å². The first-order valence-corrected chi connectivity index (χ1v) is 9.69. The Morgan fingerprint density at radius 3 is 2.63 bits per heavy atom. The van der Waals surface area contributed by atoms with Crippen LogP contribution < -0.4 is 0 Å². The number of aromatic nitrogens is 2. The SMILES string of the molecule is N#Cc1ccc(-c2ccn(CN(C3CC3)[C@H]3CCc4ccccc43)n2)cc1. The van der Waals surface area contributed by atoms with Crippen molar-refractivity contribution in [1.29, 1.82) is 5.26 Å². The molecule has 3 aromatic rings. The molecule has 1 fully saturated rings. The van der Waals surface area contributed by atoms with Gasteiger partial charge in [0, 0.05) is 23.8 Å². The molecular weight excluding hydrogens is 332 g/mol. The fourth-order valence-corrected chi connectivity index (χ4v) is 4.23. The van der Waals surface area contributed by atoms with E-state index in [1.54, 1.807) is 0 Å². The average Bonchev–Trinajstić information content (AvgIpc) is 3.30. The predicted molar refractivity (Wildman–Crippen MR) is 105 cm³/mol. The molecule has 1 aromatic heterocycles. The van der Waals surface area contributed by atoms with Gasteiger partial charge in [-0.2, -0.15) is 10.4 Å². The minimum atomic E-state index is 0.510. The Labute approximate surface area is 159 Å². The van der Waals surface area contributed by atoms with Crippen LogP contribution in [0.3, 0.4) is 0 Å². The molecule has 0 saturated heterocycles. The third-order valence-electron chi connectivity index (χ3n) is 5.78. The number of hydrogen-bond donors (Lipinski definition) is 0. The summed E-state index contributed by atoms with van der Waals surface area (Å²) >= 11 is 0. The number of hydrogen-bond acceptors (Lipinski definition) is 3. The van der Waals surface area contributed by atoms with Gasteiger partial charge >= 0.3 is 0 Å². The quantitative estimate of drug-likeness (QED) is 0.676. The van der Waals surface area contributed by atoms with Crippen molar-refractivity contribution in [1.82, 2.24) is 14.7 Å². The van der Waals surface area contributed by atoms with Crippen molar-refractivity contribution >= 4 is 0 Å². The molecule has 0 radical (unpaired) electrons. The van der Waals surface area contributed by atoms with Crippen LogP contribution in [0.4, 0.5) is 0 Å². The van der Waals surface area contributed by atoms with Crippen LogP contribution in [0.2, 0.25) is 0 Å². The number of nitriles is 1. The maximum Gasteiger partial charge on any atom is 0.0991 e. The fourth-order valence-electron chi connectivity index (χ4n) is 4.23. The molecule has 5 rings (SSSR count). The molecule has 4 nitrogen and oxygen atoms in total. The Kier molecular flexibility index (Phi) is 4.03. The Hall–Kier alpha value is -2.90. The van der Waals surface area contributed by atoms with Crippen molar-refractivity contribution in [2.75, 3.05) is 0 Å². The summed E-state index contributed by atoms with van der Waals surface area (Å²) in [5.41, 5.74) is 5.70. The topological polar surface area (TPSA) is 44.9 Å². The second-order valence-corrected chi connectivity index (χ2v) is 7.57. The molecule has 1 saturated carbocycles. The van der Waals surface area contributed by atoms with E-state index in [4.69, 9.17) is 10.4 Å². The number of benzene rings is 2. The highest BCUT2D eigenvalue weighted by atomic mass is 15.4. The molecular formula is C23H22N4. The van der Waals surface area contributed by atoms with Crippen molar-refractivity contribution in [2.45, 2.75) is 44.4 Å². The largest absolute Gasteiger partial charge is 0.274 e. The summed E-state index contributed by atoms with van der Waals surface area (Å²) in [6.07, 6.45) is 7.05. The molecule has 2 aromatic carbocycles. The van der Waals surface area contributed by atoms with E-state index in [0.717, 1.165) is 17.9 Å². The van der Waals surface area contributed by atoms with Crippen molar-refractivity contribution in [2.24, 2.45) is 0 Å². The minimum Gasteiger partial charge on any atom is -0.274 e. The zero-order valence-corrected chi connectivity index (χ0v) is 15.3. The van der Waals surface area contributed by atoms with Gasteiger partial charge in [0.15, 0.2) is 0 Å². The zero-order chi connectivity index (χ0) is 18.2. The van der Waals surface area contributed by atoms with E-state index in [0.29, 0.717) is 17.6 Å². The Bertz CT molecular complexity index is 992. The Balaban J connectivity index is 1.37. The summed E-state index contributed by atoms with van der Waals surface area (Å²) in [6.45, 7) is 0.833. The van der Waals surface area contributed by atoms with Crippen molar-refractivity contribution in [3.8, 4) is 17.3 Å². The molecule has 0 aliphatic heterocycles. The van der Waals surface area contributed by atoms with E-state index in [2.05, 4.69) is 52.2 Å². The molecule has 0 unspecified atom stereocenters. The maximum atomic E-state index is 8.96. The van der Waals surface area contributed by atoms with Gasteiger partial charge in [-0.05, 0) is 55.0 Å². The van der Waals surface area contributed by atoms with Crippen LogP contribution in [0, 0.1) is 11.3 Å². The second kappa shape index (κ2) is 6.68. The normalized spacial score (nSPS) is 18.4. The first-order valence-electron chi connectivity index (χ1n) is 9.69. The molecule has 0 bridgehead atoms. The Morgan fingerprint density at radius 1 is 1.04 bits per heavy atom. The van der Waals surface area contributed by atoms with Crippen LogP contribution in [-0.4, -0.2) is 20.7 Å². The number of fused-ring (bicyclic) bond motifs is 1. The molecule has 134 valence electrons. The fraction of sp³-hybridized carbons (Fsp3) is 0.304. The highest BCUT2D eigenvalue weighted by Gasteiger charge is 2.37. The van der Waals surface area contributed by atoms with Gasteiger partial charge in [-0.15, -0.1) is 0 Å². The molecule has 2 aliphatic rings. The molecule has 0 amide bonds. The summed E-state index contributed by atoms with van der Waals surface area (Å²) in [7, 11) is 0. The van der Waals surface area contributed by atoms with E-state index in [1.165, 1.54) is 36.8 Å². The lowest BCUT2D eigenvalue weighted by Gasteiger charge is -2.29. The Morgan fingerprint density at radius 2 is 1.85 bits per heavy atom. The maximum absolute atomic E-state index is 8.96. The van der Waals surface area contributed by atoms with Gasteiger partial charge < -0.3 is 0 Å². The van der Waals surface area contributed by atoms with Crippen LogP contribution in [0.25, 0.3) is 11.3 Å². The minimum absolute atomic E-state index is 0.510. The van der Waals surface area contributed by atoms with E-state index in [9.17, 15) is 0 Å². The summed E-state index contributed by atoms with van der Waals surface area (Å²) in [4.78, 5) is 2.64. The van der Waals surface area contributed by atoms with Gasteiger partial charge in [0.2, 0.25) is 0 Å². The first-order chi connectivity index (χ1) is 13.3. The van der Waals surface area contributed by atoms with E-state index in [-0.39, 0.29) is 0 Å². The molecule has 27 heavy (non-hydrogen) atoms. The molecule has 2 aliphatic carbocycles. The third kappa shape index (κ3) is 3.15. The lowest BCUT2D eigenvalue weighted by atomic mass is 10.1. The molecule has 1 atom stereocenters. The monoisotopic (exact) mass is 354 g/mol. The smallest absolute Gasteiger partial charge is 0.0991 e. The molecule has 0 spiro atoms. The van der Waals surface area contributed by atoms with Gasteiger partial charge in [0.05, 0.1) is 24.0 Å². The van der Waals surface area contributed by atoms with Gasteiger partial charge in [-0.1, -0.05) is 36.4 Å². The standard InChI is InChI=1S/C23H22N4/c24-15-17-5-7-19(8-6-17)22-13-14-26(25-22)16-27(20-10-11-20)23-12-9-18-3-1-2-4-21(18)23/h1-8,13-14,20,23H,9-12,16H2/t23-/m0/s1. The van der Waals surface area contributed by atoms with E-state index >= 15 is 0 Å². The molecule has 0 N–H and O–H groups in total.